The van der Waals surface area contributed by atoms with Gasteiger partial charge in [0.15, 0.2) is 0 Å². The number of benzene rings is 1. The molecule has 0 saturated heterocycles. The van der Waals surface area contributed by atoms with E-state index in [2.05, 4.69) is 13.8 Å². The van der Waals surface area contributed by atoms with Gasteiger partial charge in [-0.15, -0.1) is 0 Å². The third-order valence-corrected chi connectivity index (χ3v) is 4.61. The van der Waals surface area contributed by atoms with Crippen molar-refractivity contribution in [3.05, 3.63) is 58.2 Å². The van der Waals surface area contributed by atoms with Crippen LogP contribution in [0.25, 0.3) is 0 Å². The van der Waals surface area contributed by atoms with E-state index in [-0.39, 0.29) is 11.7 Å². The van der Waals surface area contributed by atoms with Crippen molar-refractivity contribution in [3.63, 3.8) is 0 Å². The van der Waals surface area contributed by atoms with Gasteiger partial charge in [0.2, 0.25) is 0 Å². The highest BCUT2D eigenvalue weighted by molar-refractivity contribution is 5.94. The van der Waals surface area contributed by atoms with Gasteiger partial charge >= 0.3 is 0 Å². The molecule has 1 aromatic carbocycles. The first-order chi connectivity index (χ1) is 11.4. The number of rotatable bonds is 6. The second kappa shape index (κ2) is 7.65. The monoisotopic (exact) mass is 330 g/mol. The van der Waals surface area contributed by atoms with E-state index in [1.165, 1.54) is 17.7 Å². The first-order valence-electron chi connectivity index (χ1n) is 8.59. The van der Waals surface area contributed by atoms with Gasteiger partial charge in [0.1, 0.15) is 11.5 Å². The summed E-state index contributed by atoms with van der Waals surface area (Å²) in [6.45, 7) is 9.45. The number of hydrogen-bond acceptors (Lipinski definition) is 1. The number of carbonyl (C=O) groups excluding carboxylic acids is 1. The predicted octanol–water partition coefficient (Wildman–Crippen LogP) is 4.34. The van der Waals surface area contributed by atoms with Crippen LogP contribution in [-0.4, -0.2) is 29.0 Å². The van der Waals surface area contributed by atoms with Gasteiger partial charge in [0.25, 0.3) is 5.91 Å². The summed E-state index contributed by atoms with van der Waals surface area (Å²) in [5.74, 6) is -0.214. The average Bonchev–Trinajstić information content (AvgIpc) is 2.77. The molecule has 4 heteroatoms. The maximum absolute atomic E-state index is 13.5. The summed E-state index contributed by atoms with van der Waals surface area (Å²) in [4.78, 5) is 14.7. The highest BCUT2D eigenvalue weighted by atomic mass is 19.1. The second-order valence-electron chi connectivity index (χ2n) is 6.33. The number of halogens is 1. The summed E-state index contributed by atoms with van der Waals surface area (Å²) >= 11 is 0. The van der Waals surface area contributed by atoms with Crippen LogP contribution >= 0.6 is 0 Å². The summed E-state index contributed by atoms with van der Waals surface area (Å²) in [5, 5.41) is 0. The van der Waals surface area contributed by atoms with Crippen LogP contribution < -0.4 is 0 Å². The fourth-order valence-corrected chi connectivity index (χ4v) is 3.38. The van der Waals surface area contributed by atoms with E-state index >= 15 is 0 Å². The van der Waals surface area contributed by atoms with Crippen LogP contribution in [-0.2, 0) is 13.0 Å². The van der Waals surface area contributed by atoms with Crippen LogP contribution in [0.1, 0.15) is 53.1 Å². The number of carbonyl (C=O) groups is 1. The molecule has 1 heterocycles. The number of amides is 1. The molecule has 0 aliphatic carbocycles. The Labute approximate surface area is 144 Å². The Morgan fingerprint density at radius 1 is 1.25 bits per heavy atom. The maximum atomic E-state index is 13.5. The Bertz CT molecular complexity index is 733. The van der Waals surface area contributed by atoms with Gasteiger partial charge in [-0.3, -0.25) is 4.79 Å². The minimum Gasteiger partial charge on any atom is -0.340 e. The molecule has 1 aromatic heterocycles. The van der Waals surface area contributed by atoms with Crippen LogP contribution in [0, 0.1) is 19.7 Å². The van der Waals surface area contributed by atoms with E-state index in [9.17, 15) is 9.18 Å². The van der Waals surface area contributed by atoms with Crippen molar-refractivity contribution in [1.82, 2.24) is 9.47 Å². The highest BCUT2D eigenvalue weighted by Crippen LogP contribution is 2.25. The van der Waals surface area contributed by atoms with Gasteiger partial charge in [-0.05, 0) is 55.5 Å². The van der Waals surface area contributed by atoms with Crippen molar-refractivity contribution in [2.75, 3.05) is 13.6 Å². The van der Waals surface area contributed by atoms with Crippen LogP contribution in [0.15, 0.2) is 24.3 Å². The lowest BCUT2D eigenvalue weighted by molar-refractivity contribution is 0.0784. The van der Waals surface area contributed by atoms with Crippen molar-refractivity contribution in [2.24, 2.45) is 0 Å². The standard InChI is InChI=1S/C20H27FN2O/c1-6-11-22(5)20(24)19-14(3)18(7-2)15(4)23(19)13-16-9-8-10-17(21)12-16/h8-10,12H,6-7,11,13H2,1-5H3. The topological polar surface area (TPSA) is 25.2 Å². The molecule has 3 nitrogen and oxygen atoms in total. The zero-order valence-corrected chi connectivity index (χ0v) is 15.3. The summed E-state index contributed by atoms with van der Waals surface area (Å²) in [6, 6.07) is 6.58. The van der Waals surface area contributed by atoms with Crippen LogP contribution in [0.4, 0.5) is 4.39 Å². The highest BCUT2D eigenvalue weighted by Gasteiger charge is 2.24. The molecule has 0 aliphatic rings. The van der Waals surface area contributed by atoms with E-state index in [1.807, 2.05) is 31.5 Å². The van der Waals surface area contributed by atoms with Gasteiger partial charge in [0.05, 0.1) is 0 Å². The van der Waals surface area contributed by atoms with Crippen molar-refractivity contribution >= 4 is 5.91 Å². The molecule has 1 amide bonds. The van der Waals surface area contributed by atoms with Crippen LogP contribution in [0.3, 0.4) is 0 Å². The van der Waals surface area contributed by atoms with Crippen molar-refractivity contribution < 1.29 is 9.18 Å². The molecule has 0 saturated carbocycles. The van der Waals surface area contributed by atoms with E-state index < -0.39 is 0 Å². The van der Waals surface area contributed by atoms with Crippen molar-refractivity contribution in [3.8, 4) is 0 Å². The van der Waals surface area contributed by atoms with Crippen LogP contribution in [0.5, 0.6) is 0 Å². The molecule has 0 fully saturated rings. The minimum atomic E-state index is -0.249. The molecule has 0 spiro atoms. The second-order valence-corrected chi connectivity index (χ2v) is 6.33. The first-order valence-corrected chi connectivity index (χ1v) is 8.59. The molecule has 0 unspecified atom stereocenters. The zero-order valence-electron chi connectivity index (χ0n) is 15.3. The molecule has 0 aliphatic heterocycles. The summed E-state index contributed by atoms with van der Waals surface area (Å²) in [7, 11) is 1.84. The van der Waals surface area contributed by atoms with Gasteiger partial charge in [-0.1, -0.05) is 26.0 Å². The van der Waals surface area contributed by atoms with Gasteiger partial charge in [0, 0.05) is 25.8 Å². The molecule has 2 rings (SSSR count). The van der Waals surface area contributed by atoms with Gasteiger partial charge in [-0.2, -0.15) is 0 Å². The molecule has 24 heavy (non-hydrogen) atoms. The summed E-state index contributed by atoms with van der Waals surface area (Å²) in [6.07, 6.45) is 1.80. The average molecular weight is 330 g/mol. The van der Waals surface area contributed by atoms with Crippen molar-refractivity contribution in [2.45, 2.75) is 47.1 Å². The van der Waals surface area contributed by atoms with E-state index in [4.69, 9.17) is 0 Å². The fraction of sp³-hybridized carbons (Fsp3) is 0.450. The van der Waals surface area contributed by atoms with E-state index in [0.717, 1.165) is 41.9 Å². The summed E-state index contributed by atoms with van der Waals surface area (Å²) in [5.41, 5.74) is 4.93. The minimum absolute atomic E-state index is 0.0357. The first kappa shape index (κ1) is 18.2. The lowest BCUT2D eigenvalue weighted by Crippen LogP contribution is -2.30. The lowest BCUT2D eigenvalue weighted by Gasteiger charge is -2.19. The van der Waals surface area contributed by atoms with Crippen molar-refractivity contribution in [1.29, 1.82) is 0 Å². The maximum Gasteiger partial charge on any atom is 0.270 e. The lowest BCUT2D eigenvalue weighted by atomic mass is 10.1. The number of aromatic nitrogens is 1. The SMILES string of the molecule is CCCN(C)C(=O)c1c(C)c(CC)c(C)n1Cc1cccc(F)c1. The molecule has 2 aromatic rings. The number of nitrogens with zero attached hydrogens (tertiary/aromatic N) is 2. The largest absolute Gasteiger partial charge is 0.340 e. The Kier molecular flexibility index (Phi) is 5.81. The van der Waals surface area contributed by atoms with E-state index in [0.29, 0.717) is 6.54 Å². The zero-order chi connectivity index (χ0) is 17.9. The summed E-state index contributed by atoms with van der Waals surface area (Å²) < 4.78 is 15.6. The molecular formula is C20H27FN2O. The van der Waals surface area contributed by atoms with Crippen LogP contribution in [0.2, 0.25) is 0 Å². The van der Waals surface area contributed by atoms with Gasteiger partial charge in [-0.25, -0.2) is 4.39 Å². The van der Waals surface area contributed by atoms with E-state index in [1.54, 1.807) is 11.0 Å². The molecule has 0 radical (unpaired) electrons. The Morgan fingerprint density at radius 3 is 2.54 bits per heavy atom. The molecule has 0 N–H and O–H groups in total. The quantitative estimate of drug-likeness (QED) is 0.773. The molecule has 0 bridgehead atoms. The third kappa shape index (κ3) is 3.53. The Balaban J connectivity index is 2.51. The smallest absolute Gasteiger partial charge is 0.270 e. The Hall–Kier alpha value is -2.10. The number of hydrogen-bond donors (Lipinski definition) is 0. The third-order valence-electron chi connectivity index (χ3n) is 4.61. The fourth-order valence-electron chi connectivity index (χ4n) is 3.38. The normalized spacial score (nSPS) is 10.9. The Morgan fingerprint density at radius 2 is 1.96 bits per heavy atom. The molecule has 130 valence electrons. The molecular weight excluding hydrogens is 303 g/mol. The predicted molar refractivity (Wildman–Crippen MR) is 96.0 cm³/mol. The molecule has 0 atom stereocenters. The van der Waals surface area contributed by atoms with Gasteiger partial charge < -0.3 is 9.47 Å².